The van der Waals surface area contributed by atoms with Crippen molar-refractivity contribution in [3.63, 3.8) is 0 Å². The first-order valence-corrected chi connectivity index (χ1v) is 5.98. The highest BCUT2D eigenvalue weighted by atomic mass is 32.1. The molecule has 0 unspecified atom stereocenters. The fourth-order valence-corrected chi connectivity index (χ4v) is 1.94. The maximum atomic E-state index is 5.56. The third-order valence-electron chi connectivity index (χ3n) is 2.14. The van der Waals surface area contributed by atoms with Gasteiger partial charge in [-0.1, -0.05) is 19.8 Å². The van der Waals surface area contributed by atoms with Gasteiger partial charge in [0.05, 0.1) is 5.69 Å². The van der Waals surface area contributed by atoms with Crippen LogP contribution in [0, 0.1) is 0 Å². The molecule has 0 aliphatic rings. The van der Waals surface area contributed by atoms with Crippen LogP contribution in [-0.2, 0) is 6.54 Å². The maximum Gasteiger partial charge on any atom is 0.180 e. The molecular weight excluding hydrogens is 194 g/mol. The Morgan fingerprint density at radius 3 is 2.86 bits per heavy atom. The normalized spacial score (nSPS) is 11.1. The van der Waals surface area contributed by atoms with Crippen molar-refractivity contribution in [3.8, 4) is 0 Å². The van der Waals surface area contributed by atoms with E-state index in [1.54, 1.807) is 0 Å². The Morgan fingerprint density at radius 1 is 1.50 bits per heavy atom. The summed E-state index contributed by atoms with van der Waals surface area (Å²) in [5.74, 6) is 0. The molecular formula is C10H19N3S. The highest BCUT2D eigenvalue weighted by molar-refractivity contribution is 7.13. The molecule has 0 amide bonds. The Morgan fingerprint density at radius 2 is 2.29 bits per heavy atom. The van der Waals surface area contributed by atoms with Crippen LogP contribution < -0.4 is 5.73 Å². The van der Waals surface area contributed by atoms with E-state index in [0.717, 1.165) is 18.8 Å². The number of nitrogen functional groups attached to an aromatic ring is 1. The van der Waals surface area contributed by atoms with Gasteiger partial charge in [-0.05, 0) is 20.0 Å². The Balaban J connectivity index is 2.23. The summed E-state index contributed by atoms with van der Waals surface area (Å²) >= 11 is 1.51. The number of anilines is 1. The van der Waals surface area contributed by atoms with Gasteiger partial charge in [-0.15, -0.1) is 11.3 Å². The first kappa shape index (κ1) is 11.5. The van der Waals surface area contributed by atoms with E-state index in [1.807, 2.05) is 5.38 Å². The van der Waals surface area contributed by atoms with Gasteiger partial charge in [-0.3, -0.25) is 0 Å². The van der Waals surface area contributed by atoms with Crippen LogP contribution in [-0.4, -0.2) is 23.5 Å². The number of hydrogen-bond donors (Lipinski definition) is 1. The Labute approximate surface area is 89.9 Å². The van der Waals surface area contributed by atoms with Crippen LogP contribution in [0.15, 0.2) is 5.38 Å². The molecule has 0 aliphatic heterocycles. The number of hydrogen-bond acceptors (Lipinski definition) is 4. The molecule has 0 radical (unpaired) electrons. The molecule has 0 bridgehead atoms. The van der Waals surface area contributed by atoms with Crippen molar-refractivity contribution in [2.75, 3.05) is 19.3 Å². The first-order valence-electron chi connectivity index (χ1n) is 5.10. The molecule has 80 valence electrons. The van der Waals surface area contributed by atoms with Crippen LogP contribution >= 0.6 is 11.3 Å². The Hall–Kier alpha value is -0.610. The molecule has 0 saturated carbocycles. The predicted molar refractivity (Wildman–Crippen MR) is 62.4 cm³/mol. The monoisotopic (exact) mass is 213 g/mol. The number of nitrogens with zero attached hydrogens (tertiary/aromatic N) is 2. The summed E-state index contributed by atoms with van der Waals surface area (Å²) in [5.41, 5.74) is 6.65. The van der Waals surface area contributed by atoms with Gasteiger partial charge in [0.2, 0.25) is 0 Å². The van der Waals surface area contributed by atoms with Gasteiger partial charge in [0, 0.05) is 11.9 Å². The highest BCUT2D eigenvalue weighted by Crippen LogP contribution is 2.12. The van der Waals surface area contributed by atoms with Gasteiger partial charge in [0.15, 0.2) is 5.13 Å². The van der Waals surface area contributed by atoms with E-state index in [4.69, 9.17) is 5.73 Å². The molecule has 0 atom stereocenters. The second kappa shape index (κ2) is 5.98. The number of nitrogens with two attached hydrogens (primary N) is 1. The second-order valence-corrected chi connectivity index (χ2v) is 4.51. The van der Waals surface area contributed by atoms with Crippen molar-refractivity contribution >= 4 is 16.5 Å². The van der Waals surface area contributed by atoms with Crippen molar-refractivity contribution in [2.45, 2.75) is 32.7 Å². The minimum atomic E-state index is 0.668. The third-order valence-corrected chi connectivity index (χ3v) is 2.87. The lowest BCUT2D eigenvalue weighted by molar-refractivity contribution is 0.315. The zero-order valence-electron chi connectivity index (χ0n) is 8.99. The largest absolute Gasteiger partial charge is 0.375 e. The Kier molecular flexibility index (Phi) is 4.90. The van der Waals surface area contributed by atoms with Gasteiger partial charge in [-0.2, -0.15) is 0 Å². The topological polar surface area (TPSA) is 42.1 Å². The van der Waals surface area contributed by atoms with Crippen LogP contribution in [0.2, 0.25) is 0 Å². The van der Waals surface area contributed by atoms with Gasteiger partial charge in [-0.25, -0.2) is 4.98 Å². The maximum absolute atomic E-state index is 5.56. The van der Waals surface area contributed by atoms with E-state index in [-0.39, 0.29) is 0 Å². The summed E-state index contributed by atoms with van der Waals surface area (Å²) in [6.45, 7) is 4.28. The zero-order chi connectivity index (χ0) is 10.4. The zero-order valence-corrected chi connectivity index (χ0v) is 9.81. The Bertz CT molecular complexity index is 260. The van der Waals surface area contributed by atoms with Crippen molar-refractivity contribution in [3.05, 3.63) is 11.1 Å². The van der Waals surface area contributed by atoms with Crippen molar-refractivity contribution in [1.29, 1.82) is 0 Å². The molecule has 2 N–H and O–H groups in total. The van der Waals surface area contributed by atoms with Gasteiger partial charge in [0.1, 0.15) is 0 Å². The molecule has 0 aliphatic carbocycles. The first-order chi connectivity index (χ1) is 6.72. The number of aromatic nitrogens is 1. The van der Waals surface area contributed by atoms with Crippen molar-refractivity contribution in [1.82, 2.24) is 9.88 Å². The van der Waals surface area contributed by atoms with E-state index < -0.39 is 0 Å². The summed E-state index contributed by atoms with van der Waals surface area (Å²) < 4.78 is 0. The highest BCUT2D eigenvalue weighted by Gasteiger charge is 2.02. The van der Waals surface area contributed by atoms with E-state index in [2.05, 4.69) is 23.9 Å². The lowest BCUT2D eigenvalue weighted by atomic mass is 10.2. The standard InChI is InChI=1S/C10H19N3S/c1-3-4-5-6-13(2)7-9-8-14-10(11)12-9/h8H,3-7H2,1-2H3,(H2,11,12). The van der Waals surface area contributed by atoms with E-state index in [1.165, 1.54) is 30.6 Å². The molecule has 0 fully saturated rings. The number of rotatable bonds is 6. The lowest BCUT2D eigenvalue weighted by Crippen LogP contribution is -2.19. The number of thiazole rings is 1. The van der Waals surface area contributed by atoms with Crippen LogP contribution in [0.3, 0.4) is 0 Å². The molecule has 4 heteroatoms. The summed E-state index contributed by atoms with van der Waals surface area (Å²) in [7, 11) is 2.13. The van der Waals surface area contributed by atoms with Crippen LogP contribution in [0.1, 0.15) is 31.9 Å². The summed E-state index contributed by atoms with van der Waals surface area (Å²) in [6, 6.07) is 0. The quantitative estimate of drug-likeness (QED) is 0.738. The van der Waals surface area contributed by atoms with Crippen molar-refractivity contribution < 1.29 is 0 Å². The lowest BCUT2D eigenvalue weighted by Gasteiger charge is -2.14. The average molecular weight is 213 g/mol. The van der Waals surface area contributed by atoms with Crippen LogP contribution in [0.5, 0.6) is 0 Å². The smallest absolute Gasteiger partial charge is 0.180 e. The van der Waals surface area contributed by atoms with E-state index >= 15 is 0 Å². The minimum Gasteiger partial charge on any atom is -0.375 e. The van der Waals surface area contributed by atoms with Gasteiger partial charge < -0.3 is 10.6 Å². The molecule has 0 saturated heterocycles. The number of unbranched alkanes of at least 4 members (excludes halogenated alkanes) is 2. The molecule has 1 rings (SSSR count). The predicted octanol–water partition coefficient (Wildman–Crippen LogP) is 2.35. The SMILES string of the molecule is CCCCCN(C)Cc1csc(N)n1. The molecule has 1 heterocycles. The molecule has 14 heavy (non-hydrogen) atoms. The minimum absolute atomic E-state index is 0.668. The van der Waals surface area contributed by atoms with E-state index in [9.17, 15) is 0 Å². The average Bonchev–Trinajstić information content (AvgIpc) is 2.52. The van der Waals surface area contributed by atoms with Crippen LogP contribution in [0.25, 0.3) is 0 Å². The molecule has 0 aromatic carbocycles. The summed E-state index contributed by atoms with van der Waals surface area (Å²) in [5, 5.41) is 2.70. The molecule has 3 nitrogen and oxygen atoms in total. The molecule has 0 spiro atoms. The summed E-state index contributed by atoms with van der Waals surface area (Å²) in [4.78, 5) is 6.53. The fraction of sp³-hybridized carbons (Fsp3) is 0.700. The van der Waals surface area contributed by atoms with E-state index in [0.29, 0.717) is 5.13 Å². The van der Waals surface area contributed by atoms with Gasteiger partial charge >= 0.3 is 0 Å². The summed E-state index contributed by atoms with van der Waals surface area (Å²) in [6.07, 6.45) is 3.85. The molecule has 1 aromatic rings. The second-order valence-electron chi connectivity index (χ2n) is 3.62. The fourth-order valence-electron chi connectivity index (χ4n) is 1.38. The van der Waals surface area contributed by atoms with Crippen molar-refractivity contribution in [2.24, 2.45) is 0 Å². The third kappa shape index (κ3) is 4.07. The van der Waals surface area contributed by atoms with Crippen LogP contribution in [0.4, 0.5) is 5.13 Å². The molecule has 1 aromatic heterocycles. The van der Waals surface area contributed by atoms with Gasteiger partial charge in [0.25, 0.3) is 0 Å².